The summed E-state index contributed by atoms with van der Waals surface area (Å²) < 4.78 is 13.5. The highest BCUT2D eigenvalue weighted by Gasteiger charge is 2.08. The van der Waals surface area contributed by atoms with Crippen molar-refractivity contribution in [2.75, 3.05) is 11.9 Å². The zero-order valence-corrected chi connectivity index (χ0v) is 10.6. The van der Waals surface area contributed by atoms with Crippen LogP contribution >= 0.6 is 0 Å². The third-order valence-corrected chi connectivity index (χ3v) is 2.74. The van der Waals surface area contributed by atoms with Crippen molar-refractivity contribution in [1.29, 1.82) is 0 Å². The molecule has 0 aliphatic heterocycles. The molecule has 0 aliphatic carbocycles. The molecule has 5 nitrogen and oxygen atoms in total. The van der Waals surface area contributed by atoms with Crippen molar-refractivity contribution in [2.24, 2.45) is 5.92 Å². The second kappa shape index (κ2) is 6.88. The maximum absolute atomic E-state index is 13.5. The number of anilines is 1. The summed E-state index contributed by atoms with van der Waals surface area (Å²) in [6, 6.07) is 0. The molecule has 1 rings (SSSR count). The van der Waals surface area contributed by atoms with Crippen LogP contribution in [0.25, 0.3) is 0 Å². The molecule has 100 valence electrons. The van der Waals surface area contributed by atoms with E-state index in [1.54, 1.807) is 6.92 Å². The highest BCUT2D eigenvalue weighted by atomic mass is 19.1. The topological polar surface area (TPSA) is 75.1 Å². The number of rotatable bonds is 7. The smallest absolute Gasteiger partial charge is 0.303 e. The van der Waals surface area contributed by atoms with E-state index >= 15 is 0 Å². The zero-order valence-electron chi connectivity index (χ0n) is 10.6. The van der Waals surface area contributed by atoms with Crippen molar-refractivity contribution in [2.45, 2.75) is 33.1 Å². The second-order valence-electron chi connectivity index (χ2n) is 4.37. The van der Waals surface area contributed by atoms with Gasteiger partial charge in [-0.05, 0) is 25.7 Å². The van der Waals surface area contributed by atoms with E-state index in [2.05, 4.69) is 15.3 Å². The second-order valence-corrected chi connectivity index (χ2v) is 4.37. The van der Waals surface area contributed by atoms with Gasteiger partial charge in [0.15, 0.2) is 11.6 Å². The fourth-order valence-corrected chi connectivity index (χ4v) is 1.53. The average Bonchev–Trinajstić information content (AvgIpc) is 2.32. The molecule has 0 saturated heterocycles. The lowest BCUT2D eigenvalue weighted by Crippen LogP contribution is -2.11. The Morgan fingerprint density at radius 1 is 1.50 bits per heavy atom. The van der Waals surface area contributed by atoms with Crippen molar-refractivity contribution in [3.8, 4) is 0 Å². The van der Waals surface area contributed by atoms with E-state index < -0.39 is 11.8 Å². The predicted molar refractivity (Wildman–Crippen MR) is 65.9 cm³/mol. The van der Waals surface area contributed by atoms with Gasteiger partial charge in [0, 0.05) is 13.0 Å². The van der Waals surface area contributed by atoms with Gasteiger partial charge in [-0.2, -0.15) is 0 Å². The third-order valence-electron chi connectivity index (χ3n) is 2.74. The molecule has 1 aromatic rings. The number of nitrogens with zero attached hydrogens (tertiary/aromatic N) is 2. The molecule has 1 unspecified atom stereocenters. The number of aryl methyl sites for hydroxylation is 1. The fourth-order valence-electron chi connectivity index (χ4n) is 1.53. The van der Waals surface area contributed by atoms with Gasteiger partial charge in [0.1, 0.15) is 6.33 Å². The Balaban J connectivity index is 2.33. The first kappa shape index (κ1) is 14.3. The van der Waals surface area contributed by atoms with E-state index in [1.165, 1.54) is 6.33 Å². The zero-order chi connectivity index (χ0) is 13.5. The lowest BCUT2D eigenvalue weighted by atomic mass is 10.0. The van der Waals surface area contributed by atoms with E-state index in [9.17, 15) is 9.18 Å². The van der Waals surface area contributed by atoms with Gasteiger partial charge in [-0.3, -0.25) is 4.79 Å². The number of halogens is 1. The number of aliphatic carboxylic acids is 1. The molecule has 0 aliphatic rings. The van der Waals surface area contributed by atoms with Crippen LogP contribution in [0.15, 0.2) is 6.33 Å². The van der Waals surface area contributed by atoms with E-state index in [0.717, 1.165) is 6.42 Å². The van der Waals surface area contributed by atoms with Crippen LogP contribution in [0.1, 0.15) is 31.9 Å². The number of aromatic nitrogens is 2. The maximum Gasteiger partial charge on any atom is 0.303 e. The molecule has 0 amide bonds. The van der Waals surface area contributed by atoms with Crippen LogP contribution in [0.4, 0.5) is 10.2 Å². The number of nitrogens with one attached hydrogen (secondary N) is 1. The summed E-state index contributed by atoms with van der Waals surface area (Å²) in [5.41, 5.74) is 0.312. The Labute approximate surface area is 105 Å². The summed E-state index contributed by atoms with van der Waals surface area (Å²) in [6.07, 6.45) is 2.88. The van der Waals surface area contributed by atoms with Crippen molar-refractivity contribution < 1.29 is 14.3 Å². The predicted octanol–water partition coefficient (Wildman–Crippen LogP) is 2.23. The van der Waals surface area contributed by atoms with Gasteiger partial charge in [0.2, 0.25) is 0 Å². The summed E-state index contributed by atoms with van der Waals surface area (Å²) in [4.78, 5) is 18.0. The summed E-state index contributed by atoms with van der Waals surface area (Å²) in [6.45, 7) is 4.12. The number of carboxylic acid groups (broad SMARTS) is 1. The minimum atomic E-state index is -0.785. The SMILES string of the molecule is Cc1ncnc(NCCC(C)CCC(=O)O)c1F. The Kier molecular flexibility index (Phi) is 5.48. The molecule has 0 fully saturated rings. The molecule has 6 heteroatoms. The summed E-state index contributed by atoms with van der Waals surface area (Å²) in [7, 11) is 0. The van der Waals surface area contributed by atoms with Gasteiger partial charge in [0.25, 0.3) is 0 Å². The summed E-state index contributed by atoms with van der Waals surface area (Å²) in [5, 5.41) is 11.4. The maximum atomic E-state index is 13.5. The summed E-state index contributed by atoms with van der Waals surface area (Å²) in [5.74, 6) is -0.740. The molecule has 1 aromatic heterocycles. The normalized spacial score (nSPS) is 12.2. The van der Waals surface area contributed by atoms with E-state index in [4.69, 9.17) is 5.11 Å². The molecule has 2 N–H and O–H groups in total. The lowest BCUT2D eigenvalue weighted by Gasteiger charge is -2.11. The minimum Gasteiger partial charge on any atom is -0.481 e. The van der Waals surface area contributed by atoms with Crippen LogP contribution in [0.3, 0.4) is 0 Å². The number of carboxylic acids is 1. The Morgan fingerprint density at radius 2 is 2.22 bits per heavy atom. The molecule has 0 aromatic carbocycles. The van der Waals surface area contributed by atoms with Crippen LogP contribution in [0.2, 0.25) is 0 Å². The first-order valence-electron chi connectivity index (χ1n) is 5.93. The van der Waals surface area contributed by atoms with Gasteiger partial charge in [-0.1, -0.05) is 6.92 Å². The van der Waals surface area contributed by atoms with E-state index in [1.807, 2.05) is 6.92 Å². The highest BCUT2D eigenvalue weighted by Crippen LogP contribution is 2.14. The van der Waals surface area contributed by atoms with Crippen molar-refractivity contribution >= 4 is 11.8 Å². The van der Waals surface area contributed by atoms with Crippen LogP contribution in [0.5, 0.6) is 0 Å². The minimum absolute atomic E-state index is 0.169. The van der Waals surface area contributed by atoms with Crippen LogP contribution in [-0.2, 0) is 4.79 Å². The number of carbonyl (C=O) groups is 1. The van der Waals surface area contributed by atoms with Gasteiger partial charge in [0.05, 0.1) is 5.69 Å². The van der Waals surface area contributed by atoms with Crippen molar-refractivity contribution in [3.05, 3.63) is 17.8 Å². The molecule has 18 heavy (non-hydrogen) atoms. The Hall–Kier alpha value is -1.72. The molecule has 1 atom stereocenters. The molecule has 1 heterocycles. The molecule has 0 saturated carbocycles. The Bertz CT molecular complexity index is 412. The first-order chi connectivity index (χ1) is 8.50. The van der Waals surface area contributed by atoms with Crippen LogP contribution < -0.4 is 5.32 Å². The molecule has 0 radical (unpaired) electrons. The molecule has 0 spiro atoms. The van der Waals surface area contributed by atoms with Gasteiger partial charge in [-0.15, -0.1) is 0 Å². The van der Waals surface area contributed by atoms with Crippen LogP contribution in [0, 0.1) is 18.7 Å². The molecular weight excluding hydrogens is 237 g/mol. The number of hydrogen-bond acceptors (Lipinski definition) is 4. The molecular formula is C12H18FN3O2. The van der Waals surface area contributed by atoms with E-state index in [0.29, 0.717) is 18.7 Å². The van der Waals surface area contributed by atoms with Gasteiger partial charge in [-0.25, -0.2) is 14.4 Å². The van der Waals surface area contributed by atoms with Gasteiger partial charge < -0.3 is 10.4 Å². The first-order valence-corrected chi connectivity index (χ1v) is 5.93. The molecule has 0 bridgehead atoms. The number of hydrogen-bond donors (Lipinski definition) is 2. The lowest BCUT2D eigenvalue weighted by molar-refractivity contribution is -0.137. The van der Waals surface area contributed by atoms with Crippen LogP contribution in [-0.4, -0.2) is 27.6 Å². The summed E-state index contributed by atoms with van der Waals surface area (Å²) >= 11 is 0. The van der Waals surface area contributed by atoms with Crippen molar-refractivity contribution in [1.82, 2.24) is 9.97 Å². The quantitative estimate of drug-likeness (QED) is 0.781. The van der Waals surface area contributed by atoms with Gasteiger partial charge >= 0.3 is 5.97 Å². The monoisotopic (exact) mass is 255 g/mol. The third kappa shape index (κ3) is 4.65. The standard InChI is InChI=1S/C12H18FN3O2/c1-8(3-4-10(17)18)5-6-14-12-11(13)9(2)15-7-16-12/h7-8H,3-6H2,1-2H3,(H,17,18)(H,14,15,16). The Morgan fingerprint density at radius 3 is 2.89 bits per heavy atom. The highest BCUT2D eigenvalue weighted by molar-refractivity contribution is 5.66. The van der Waals surface area contributed by atoms with E-state index in [-0.39, 0.29) is 18.2 Å². The largest absolute Gasteiger partial charge is 0.481 e. The van der Waals surface area contributed by atoms with Crippen molar-refractivity contribution in [3.63, 3.8) is 0 Å². The fraction of sp³-hybridized carbons (Fsp3) is 0.583. The average molecular weight is 255 g/mol.